The van der Waals surface area contributed by atoms with Crippen LogP contribution >= 0.6 is 0 Å². The third-order valence-electron chi connectivity index (χ3n) is 2.44. The van der Waals surface area contributed by atoms with Crippen LogP contribution in [0.25, 0.3) is 0 Å². The first-order valence-corrected chi connectivity index (χ1v) is 5.51. The van der Waals surface area contributed by atoms with Gasteiger partial charge in [-0.05, 0) is 12.8 Å². The first-order valence-electron chi connectivity index (χ1n) is 5.51. The molecule has 1 rings (SSSR count). The molecule has 1 unspecified atom stereocenters. The second kappa shape index (κ2) is 5.47. The van der Waals surface area contributed by atoms with Crippen LogP contribution in [-0.2, 0) is 11.3 Å². The molecule has 94 valence electrons. The van der Waals surface area contributed by atoms with Crippen LogP contribution in [-0.4, -0.2) is 32.8 Å². The Labute approximate surface area is 99.6 Å². The zero-order valence-corrected chi connectivity index (χ0v) is 10.2. The van der Waals surface area contributed by atoms with Crippen molar-refractivity contribution in [2.75, 3.05) is 0 Å². The first kappa shape index (κ1) is 13.2. The van der Waals surface area contributed by atoms with E-state index in [1.165, 1.54) is 6.20 Å². The predicted octanol–water partition coefficient (Wildman–Crippen LogP) is 0.742. The van der Waals surface area contributed by atoms with Crippen LogP contribution in [0.3, 0.4) is 0 Å². The van der Waals surface area contributed by atoms with Crippen LogP contribution in [0.15, 0.2) is 12.4 Å². The van der Waals surface area contributed by atoms with Crippen LogP contribution in [0, 0.1) is 5.92 Å². The number of aromatic nitrogens is 2. The van der Waals surface area contributed by atoms with Crippen LogP contribution < -0.4 is 5.32 Å². The molecule has 0 radical (unpaired) electrons. The lowest BCUT2D eigenvalue weighted by molar-refractivity contribution is -0.140. The number of amides is 1. The molecule has 0 saturated carbocycles. The predicted molar refractivity (Wildman–Crippen MR) is 61.6 cm³/mol. The lowest BCUT2D eigenvalue weighted by Gasteiger charge is -2.17. The second-order valence-electron chi connectivity index (χ2n) is 4.12. The third-order valence-corrected chi connectivity index (χ3v) is 2.44. The van der Waals surface area contributed by atoms with Gasteiger partial charge in [-0.25, -0.2) is 4.79 Å². The minimum atomic E-state index is -1.03. The summed E-state index contributed by atoms with van der Waals surface area (Å²) in [6, 6.07) is -0.882. The van der Waals surface area contributed by atoms with Gasteiger partial charge < -0.3 is 10.4 Å². The van der Waals surface area contributed by atoms with E-state index in [1.807, 2.05) is 6.92 Å². The molecule has 17 heavy (non-hydrogen) atoms. The fraction of sp³-hybridized carbons (Fsp3) is 0.545. The third kappa shape index (κ3) is 3.30. The minimum absolute atomic E-state index is 0.169. The van der Waals surface area contributed by atoms with Gasteiger partial charge in [0.1, 0.15) is 6.04 Å². The Hall–Kier alpha value is -1.85. The van der Waals surface area contributed by atoms with Crippen molar-refractivity contribution in [2.24, 2.45) is 5.92 Å². The quantitative estimate of drug-likeness (QED) is 0.793. The van der Waals surface area contributed by atoms with E-state index in [4.69, 9.17) is 5.11 Å². The van der Waals surface area contributed by atoms with Crippen molar-refractivity contribution in [1.29, 1.82) is 0 Å². The summed E-state index contributed by atoms with van der Waals surface area (Å²) in [5, 5.41) is 15.4. The number of carboxylic acids is 1. The molecule has 1 amide bonds. The zero-order chi connectivity index (χ0) is 13.0. The van der Waals surface area contributed by atoms with Gasteiger partial charge in [0.05, 0.1) is 11.8 Å². The minimum Gasteiger partial charge on any atom is -0.480 e. The highest BCUT2D eigenvalue weighted by molar-refractivity contribution is 5.96. The van der Waals surface area contributed by atoms with E-state index in [-0.39, 0.29) is 5.92 Å². The highest BCUT2D eigenvalue weighted by Crippen LogP contribution is 2.04. The van der Waals surface area contributed by atoms with E-state index in [2.05, 4.69) is 10.4 Å². The van der Waals surface area contributed by atoms with Crippen LogP contribution in [0.5, 0.6) is 0 Å². The Morgan fingerprint density at radius 2 is 2.18 bits per heavy atom. The molecule has 0 spiro atoms. The normalized spacial score (nSPS) is 12.5. The van der Waals surface area contributed by atoms with E-state index in [1.54, 1.807) is 24.7 Å². The van der Waals surface area contributed by atoms with Crippen molar-refractivity contribution in [3.8, 4) is 0 Å². The molecule has 0 saturated heterocycles. The molecule has 1 aromatic heterocycles. The lowest BCUT2D eigenvalue weighted by atomic mass is 10.0. The lowest BCUT2D eigenvalue weighted by Crippen LogP contribution is -2.44. The van der Waals surface area contributed by atoms with Crippen molar-refractivity contribution in [2.45, 2.75) is 33.4 Å². The molecule has 2 N–H and O–H groups in total. The number of carbonyl (C=O) groups excluding carboxylic acids is 1. The number of hydrogen-bond acceptors (Lipinski definition) is 3. The molecule has 6 nitrogen and oxygen atoms in total. The molecule has 0 aromatic carbocycles. The van der Waals surface area contributed by atoms with E-state index in [0.717, 1.165) is 0 Å². The summed E-state index contributed by atoms with van der Waals surface area (Å²) in [7, 11) is 0. The molecule has 1 aromatic rings. The topological polar surface area (TPSA) is 84.2 Å². The highest BCUT2D eigenvalue weighted by Gasteiger charge is 2.24. The number of aryl methyl sites for hydroxylation is 1. The van der Waals surface area contributed by atoms with Gasteiger partial charge in [-0.2, -0.15) is 5.10 Å². The molecule has 1 heterocycles. The summed E-state index contributed by atoms with van der Waals surface area (Å²) in [5.41, 5.74) is 0.374. The van der Waals surface area contributed by atoms with E-state index >= 15 is 0 Å². The number of aliphatic carboxylic acids is 1. The van der Waals surface area contributed by atoms with E-state index in [0.29, 0.717) is 12.1 Å². The van der Waals surface area contributed by atoms with Gasteiger partial charge in [-0.1, -0.05) is 13.8 Å². The largest absolute Gasteiger partial charge is 0.480 e. The highest BCUT2D eigenvalue weighted by atomic mass is 16.4. The van der Waals surface area contributed by atoms with E-state index < -0.39 is 17.9 Å². The molecule has 0 aliphatic heterocycles. The number of carbonyl (C=O) groups is 2. The number of hydrogen-bond donors (Lipinski definition) is 2. The number of carboxylic acid groups (broad SMARTS) is 1. The average molecular weight is 239 g/mol. The summed E-state index contributed by atoms with van der Waals surface area (Å²) < 4.78 is 1.61. The smallest absolute Gasteiger partial charge is 0.326 e. The monoisotopic (exact) mass is 239 g/mol. The molecule has 0 aliphatic carbocycles. The van der Waals surface area contributed by atoms with Gasteiger partial charge in [-0.3, -0.25) is 9.48 Å². The van der Waals surface area contributed by atoms with Gasteiger partial charge >= 0.3 is 5.97 Å². The maximum Gasteiger partial charge on any atom is 0.326 e. The number of rotatable bonds is 5. The van der Waals surface area contributed by atoms with Crippen molar-refractivity contribution >= 4 is 11.9 Å². The summed E-state index contributed by atoms with van der Waals surface area (Å²) >= 11 is 0. The van der Waals surface area contributed by atoms with Crippen molar-refractivity contribution in [1.82, 2.24) is 15.1 Å². The van der Waals surface area contributed by atoms with Crippen molar-refractivity contribution < 1.29 is 14.7 Å². The van der Waals surface area contributed by atoms with Gasteiger partial charge in [0, 0.05) is 12.7 Å². The molecule has 0 bridgehead atoms. The standard InChI is InChI=1S/C11H17N3O3/c1-4-14-6-8(5-12-14)10(15)13-9(7(2)3)11(16)17/h5-7,9H,4H2,1-3H3,(H,13,15)(H,16,17). The summed E-state index contributed by atoms with van der Waals surface area (Å²) in [5.74, 6) is -1.61. The van der Waals surface area contributed by atoms with Crippen molar-refractivity contribution in [3.63, 3.8) is 0 Å². The van der Waals surface area contributed by atoms with Crippen LogP contribution in [0.4, 0.5) is 0 Å². The van der Waals surface area contributed by atoms with Crippen LogP contribution in [0.2, 0.25) is 0 Å². The number of nitrogens with zero attached hydrogens (tertiary/aromatic N) is 2. The van der Waals surface area contributed by atoms with E-state index in [9.17, 15) is 9.59 Å². The maximum atomic E-state index is 11.8. The zero-order valence-electron chi connectivity index (χ0n) is 10.2. The first-order chi connectivity index (χ1) is 7.95. The molecule has 6 heteroatoms. The van der Waals surface area contributed by atoms with Crippen LogP contribution in [0.1, 0.15) is 31.1 Å². The Morgan fingerprint density at radius 1 is 1.53 bits per heavy atom. The Bertz CT molecular complexity index is 412. The van der Waals surface area contributed by atoms with Crippen molar-refractivity contribution in [3.05, 3.63) is 18.0 Å². The number of nitrogens with one attached hydrogen (secondary N) is 1. The summed E-state index contributed by atoms with van der Waals surface area (Å²) in [6.07, 6.45) is 3.02. The molecule has 1 atom stereocenters. The van der Waals surface area contributed by atoms with Gasteiger partial charge in [0.2, 0.25) is 0 Å². The fourth-order valence-electron chi connectivity index (χ4n) is 1.39. The Morgan fingerprint density at radius 3 is 2.59 bits per heavy atom. The summed E-state index contributed by atoms with van der Waals surface area (Å²) in [4.78, 5) is 22.7. The van der Waals surface area contributed by atoms with Gasteiger partial charge in [0.15, 0.2) is 0 Å². The average Bonchev–Trinajstić information content (AvgIpc) is 2.73. The van der Waals surface area contributed by atoms with Gasteiger partial charge in [0.25, 0.3) is 5.91 Å². The molecular formula is C11H17N3O3. The molecular weight excluding hydrogens is 222 g/mol. The molecule has 0 aliphatic rings. The molecule has 0 fully saturated rings. The Balaban J connectivity index is 2.73. The fourth-order valence-corrected chi connectivity index (χ4v) is 1.39. The second-order valence-corrected chi connectivity index (χ2v) is 4.12. The Kier molecular flexibility index (Phi) is 4.25. The maximum absolute atomic E-state index is 11.8. The SMILES string of the molecule is CCn1cc(C(=O)NC(C(=O)O)C(C)C)cn1. The summed E-state index contributed by atoms with van der Waals surface area (Å²) in [6.45, 7) is 6.06. The van der Waals surface area contributed by atoms with Gasteiger partial charge in [-0.15, -0.1) is 0 Å².